The predicted octanol–water partition coefficient (Wildman–Crippen LogP) is 4.49. The molecule has 5 rings (SSSR count). The Kier molecular flexibility index (Phi) is 7.00. The number of aryl methyl sites for hydroxylation is 1. The second-order valence-corrected chi connectivity index (χ2v) is 10.3. The van der Waals surface area contributed by atoms with Gasteiger partial charge in [0.15, 0.2) is 0 Å². The molecule has 2 atom stereocenters. The van der Waals surface area contributed by atoms with Crippen molar-refractivity contribution in [3.05, 3.63) is 59.7 Å². The molecule has 3 heterocycles. The van der Waals surface area contributed by atoms with Gasteiger partial charge in [-0.15, -0.1) is 0 Å². The minimum Gasteiger partial charge on any atom is -0.343 e. The maximum Gasteiger partial charge on any atom is 0.222 e. The molecule has 0 aliphatic carbocycles. The highest BCUT2D eigenvalue weighted by Crippen LogP contribution is 2.32. The zero-order chi connectivity index (χ0) is 23.5. The number of nitrogens with zero attached hydrogens (tertiary/aromatic N) is 3. The number of piperidine rings is 2. The van der Waals surface area contributed by atoms with Crippen LogP contribution in [0.2, 0.25) is 0 Å². The van der Waals surface area contributed by atoms with E-state index in [0.717, 1.165) is 65.0 Å². The molecule has 5 heteroatoms. The Morgan fingerprint density at radius 3 is 2.62 bits per heavy atom. The van der Waals surface area contributed by atoms with Gasteiger partial charge in [-0.25, -0.2) is 0 Å². The number of carbonyl (C=O) groups excluding carboxylic acids is 2. The molecular weight excluding hydrogens is 422 g/mol. The van der Waals surface area contributed by atoms with Crippen LogP contribution < -0.4 is 0 Å². The Morgan fingerprint density at radius 2 is 1.79 bits per heavy atom. The molecule has 2 aromatic rings. The molecule has 0 saturated carbocycles. The standard InChI is InChI=1S/C29H37N3O2/c1-22-7-2-3-10-26(22)24-9-4-8-23(19-24)20-30-18-14-27-25(21-30)12-13-29(34)32(27)17-6-16-31-15-5-11-28(31)33/h2-4,7-10,19,25,27H,5-6,11-18,20-21H2,1H3/t25-,27+/m1/s1. The van der Waals surface area contributed by atoms with Crippen LogP contribution >= 0.6 is 0 Å². The highest BCUT2D eigenvalue weighted by Gasteiger charge is 2.39. The molecule has 2 aromatic carbocycles. The highest BCUT2D eigenvalue weighted by atomic mass is 16.2. The summed E-state index contributed by atoms with van der Waals surface area (Å²) in [5.74, 6) is 1.15. The topological polar surface area (TPSA) is 43.9 Å². The molecule has 3 aliphatic heterocycles. The third kappa shape index (κ3) is 5.05. The summed E-state index contributed by atoms with van der Waals surface area (Å²) in [6.45, 7) is 7.71. The number of hydrogen-bond acceptors (Lipinski definition) is 3. The molecule has 0 spiro atoms. The van der Waals surface area contributed by atoms with Gasteiger partial charge in [-0.3, -0.25) is 14.5 Å². The summed E-state index contributed by atoms with van der Waals surface area (Å²) in [6.07, 6.45) is 5.30. The van der Waals surface area contributed by atoms with Crippen molar-refractivity contribution >= 4 is 11.8 Å². The van der Waals surface area contributed by atoms with Crippen LogP contribution in [0.15, 0.2) is 48.5 Å². The zero-order valence-corrected chi connectivity index (χ0v) is 20.4. The number of hydrogen-bond donors (Lipinski definition) is 0. The lowest BCUT2D eigenvalue weighted by molar-refractivity contribution is -0.141. The maximum absolute atomic E-state index is 12.7. The average Bonchev–Trinajstić information content (AvgIpc) is 3.25. The third-order valence-electron chi connectivity index (χ3n) is 8.02. The van der Waals surface area contributed by atoms with E-state index in [1.54, 1.807) is 0 Å². The Hall–Kier alpha value is -2.66. The molecular formula is C29H37N3O2. The zero-order valence-electron chi connectivity index (χ0n) is 20.4. The van der Waals surface area contributed by atoms with Crippen molar-refractivity contribution in [2.75, 3.05) is 32.7 Å². The van der Waals surface area contributed by atoms with Crippen LogP contribution in [-0.2, 0) is 16.1 Å². The van der Waals surface area contributed by atoms with E-state index in [4.69, 9.17) is 0 Å². The first kappa shape index (κ1) is 23.1. The summed E-state index contributed by atoms with van der Waals surface area (Å²) < 4.78 is 0. The van der Waals surface area contributed by atoms with Crippen molar-refractivity contribution in [3.8, 4) is 11.1 Å². The predicted molar refractivity (Wildman–Crippen MR) is 135 cm³/mol. The van der Waals surface area contributed by atoms with Gasteiger partial charge in [0.1, 0.15) is 0 Å². The van der Waals surface area contributed by atoms with E-state index < -0.39 is 0 Å². The van der Waals surface area contributed by atoms with E-state index in [2.05, 4.69) is 65.3 Å². The number of rotatable bonds is 7. The van der Waals surface area contributed by atoms with Crippen molar-refractivity contribution < 1.29 is 9.59 Å². The van der Waals surface area contributed by atoms with Gasteiger partial charge in [0.25, 0.3) is 0 Å². The number of carbonyl (C=O) groups is 2. The molecule has 0 unspecified atom stereocenters. The SMILES string of the molecule is Cc1ccccc1-c1cccc(CN2CC[C@H]3[C@H](CCC(=O)N3CCCN3CCCC3=O)C2)c1. The average molecular weight is 460 g/mol. The molecule has 0 N–H and O–H groups in total. The molecule has 0 aromatic heterocycles. The largest absolute Gasteiger partial charge is 0.343 e. The number of likely N-dealkylation sites (tertiary alicyclic amines) is 3. The second-order valence-electron chi connectivity index (χ2n) is 10.3. The van der Waals surface area contributed by atoms with Gasteiger partial charge < -0.3 is 9.80 Å². The smallest absolute Gasteiger partial charge is 0.222 e. The van der Waals surface area contributed by atoms with Crippen LogP contribution in [-0.4, -0.2) is 65.3 Å². The van der Waals surface area contributed by atoms with Gasteiger partial charge in [0, 0.05) is 58.2 Å². The minimum absolute atomic E-state index is 0.280. The molecule has 34 heavy (non-hydrogen) atoms. The van der Waals surface area contributed by atoms with Gasteiger partial charge in [-0.2, -0.15) is 0 Å². The van der Waals surface area contributed by atoms with Crippen molar-refractivity contribution in [1.82, 2.24) is 14.7 Å². The Balaban J connectivity index is 1.18. The Morgan fingerprint density at radius 1 is 0.912 bits per heavy atom. The monoisotopic (exact) mass is 459 g/mol. The molecule has 2 amide bonds. The van der Waals surface area contributed by atoms with Crippen LogP contribution in [0.5, 0.6) is 0 Å². The second kappa shape index (κ2) is 10.3. The quantitative estimate of drug-likeness (QED) is 0.613. The third-order valence-corrected chi connectivity index (χ3v) is 8.02. The van der Waals surface area contributed by atoms with Crippen LogP contribution in [0.25, 0.3) is 11.1 Å². The summed E-state index contributed by atoms with van der Waals surface area (Å²) in [7, 11) is 0. The molecule has 5 nitrogen and oxygen atoms in total. The lowest BCUT2D eigenvalue weighted by Crippen LogP contribution is -2.56. The normalized spacial score (nSPS) is 23.4. The van der Waals surface area contributed by atoms with Gasteiger partial charge in [-0.05, 0) is 66.8 Å². The van der Waals surface area contributed by atoms with Crippen LogP contribution in [0, 0.1) is 12.8 Å². The van der Waals surface area contributed by atoms with Crippen molar-refractivity contribution in [2.24, 2.45) is 5.92 Å². The van der Waals surface area contributed by atoms with Gasteiger partial charge in [-0.1, -0.05) is 42.5 Å². The molecule has 180 valence electrons. The van der Waals surface area contributed by atoms with Crippen LogP contribution in [0.3, 0.4) is 0 Å². The van der Waals surface area contributed by atoms with Crippen molar-refractivity contribution in [1.29, 1.82) is 0 Å². The van der Waals surface area contributed by atoms with Gasteiger partial charge in [0.2, 0.25) is 11.8 Å². The van der Waals surface area contributed by atoms with E-state index in [1.807, 2.05) is 4.90 Å². The first-order valence-corrected chi connectivity index (χ1v) is 13.0. The Labute approximate surface area is 203 Å². The molecule has 0 radical (unpaired) electrons. The Bertz CT molecular complexity index is 1040. The van der Waals surface area contributed by atoms with Crippen molar-refractivity contribution in [2.45, 2.75) is 58.0 Å². The van der Waals surface area contributed by atoms with Crippen LogP contribution in [0.4, 0.5) is 0 Å². The lowest BCUT2D eigenvalue weighted by atomic mass is 9.83. The summed E-state index contributed by atoms with van der Waals surface area (Å²) in [6, 6.07) is 17.9. The molecule has 3 saturated heterocycles. The van der Waals surface area contributed by atoms with E-state index in [9.17, 15) is 9.59 Å². The van der Waals surface area contributed by atoms with E-state index in [-0.39, 0.29) is 5.91 Å². The van der Waals surface area contributed by atoms with E-state index in [1.165, 1.54) is 22.3 Å². The first-order chi connectivity index (χ1) is 16.6. The minimum atomic E-state index is 0.280. The number of benzene rings is 2. The number of amides is 2. The van der Waals surface area contributed by atoms with Crippen LogP contribution in [0.1, 0.15) is 49.7 Å². The highest BCUT2D eigenvalue weighted by molar-refractivity contribution is 5.78. The van der Waals surface area contributed by atoms with Gasteiger partial charge in [0.05, 0.1) is 0 Å². The number of fused-ring (bicyclic) bond motifs is 1. The summed E-state index contributed by atoms with van der Waals surface area (Å²) in [5.41, 5.74) is 5.26. The molecule has 0 bridgehead atoms. The lowest BCUT2D eigenvalue weighted by Gasteiger charge is -2.47. The fourth-order valence-corrected chi connectivity index (χ4v) is 6.23. The van der Waals surface area contributed by atoms with Crippen molar-refractivity contribution in [3.63, 3.8) is 0 Å². The fraction of sp³-hybridized carbons (Fsp3) is 0.517. The van der Waals surface area contributed by atoms with E-state index in [0.29, 0.717) is 30.7 Å². The van der Waals surface area contributed by atoms with E-state index >= 15 is 0 Å². The van der Waals surface area contributed by atoms with Gasteiger partial charge >= 0.3 is 0 Å². The molecule has 3 aliphatic rings. The maximum atomic E-state index is 12.7. The fourth-order valence-electron chi connectivity index (χ4n) is 6.23. The summed E-state index contributed by atoms with van der Waals surface area (Å²) >= 11 is 0. The first-order valence-electron chi connectivity index (χ1n) is 13.0. The summed E-state index contributed by atoms with van der Waals surface area (Å²) in [5, 5.41) is 0. The summed E-state index contributed by atoms with van der Waals surface area (Å²) in [4.78, 5) is 31.3. The molecule has 3 fully saturated rings.